The highest BCUT2D eigenvalue weighted by atomic mass is 127. The predicted molar refractivity (Wildman–Crippen MR) is 148 cm³/mol. The molecule has 0 saturated carbocycles. The number of rotatable bonds is 5. The van der Waals surface area contributed by atoms with E-state index in [4.69, 9.17) is 4.74 Å². The SMILES string of the molecule is O=S1(=O)CCN(c2cc(C(F)(F)F)ccc2[C@H]2CCOc3cc(S(=O)(=O)Nc4cccc(I)n4)ccc32)CC1. The fourth-order valence-corrected chi connectivity index (χ4v) is 7.45. The van der Waals surface area contributed by atoms with Crippen molar-refractivity contribution in [1.29, 1.82) is 0 Å². The fraction of sp³-hybridized carbons (Fsp3) is 0.320. The van der Waals surface area contributed by atoms with Crippen molar-refractivity contribution >= 4 is 54.0 Å². The third-order valence-corrected chi connectivity index (χ3v) is 10.3. The zero-order valence-electron chi connectivity index (χ0n) is 20.3. The lowest BCUT2D eigenvalue weighted by Crippen LogP contribution is -2.41. The van der Waals surface area contributed by atoms with E-state index in [1.165, 1.54) is 24.3 Å². The van der Waals surface area contributed by atoms with Gasteiger partial charge in [-0.25, -0.2) is 21.8 Å². The van der Waals surface area contributed by atoms with Crippen LogP contribution in [0.1, 0.15) is 29.0 Å². The van der Waals surface area contributed by atoms with Gasteiger partial charge in [-0.3, -0.25) is 4.72 Å². The normalized spacial score (nSPS) is 19.2. The Morgan fingerprint density at radius 3 is 2.44 bits per heavy atom. The number of nitrogens with one attached hydrogen (secondary N) is 1. The van der Waals surface area contributed by atoms with Gasteiger partial charge in [0.1, 0.15) is 15.3 Å². The molecule has 39 heavy (non-hydrogen) atoms. The summed E-state index contributed by atoms with van der Waals surface area (Å²) in [7, 11) is -7.23. The van der Waals surface area contributed by atoms with Gasteiger partial charge < -0.3 is 9.64 Å². The fourth-order valence-electron chi connectivity index (χ4n) is 4.76. The number of aromatic nitrogens is 1. The van der Waals surface area contributed by atoms with Gasteiger partial charge in [-0.1, -0.05) is 18.2 Å². The summed E-state index contributed by atoms with van der Waals surface area (Å²) in [6.45, 7) is 0.395. The molecule has 8 nitrogen and oxygen atoms in total. The lowest BCUT2D eigenvalue weighted by atomic mass is 9.85. The first kappa shape index (κ1) is 28.0. The van der Waals surface area contributed by atoms with E-state index in [0.29, 0.717) is 32.7 Å². The summed E-state index contributed by atoms with van der Waals surface area (Å²) in [4.78, 5) is 5.79. The molecule has 0 amide bonds. The molecular weight excluding hydrogens is 670 g/mol. The molecule has 1 fully saturated rings. The van der Waals surface area contributed by atoms with Gasteiger partial charge in [0.15, 0.2) is 9.84 Å². The number of nitrogens with zero attached hydrogens (tertiary/aromatic N) is 2. The minimum atomic E-state index is -4.56. The number of alkyl halides is 3. The van der Waals surface area contributed by atoms with Gasteiger partial charge in [-0.05, 0) is 64.9 Å². The summed E-state index contributed by atoms with van der Waals surface area (Å²) >= 11 is 1.97. The lowest BCUT2D eigenvalue weighted by Gasteiger charge is -2.34. The van der Waals surface area contributed by atoms with Gasteiger partial charge in [-0.2, -0.15) is 13.2 Å². The van der Waals surface area contributed by atoms with Crippen molar-refractivity contribution in [3.63, 3.8) is 0 Å². The van der Waals surface area contributed by atoms with Gasteiger partial charge in [0, 0.05) is 36.3 Å². The molecule has 1 aromatic heterocycles. The van der Waals surface area contributed by atoms with Crippen LogP contribution in [0.5, 0.6) is 5.75 Å². The smallest absolute Gasteiger partial charge is 0.416 e. The van der Waals surface area contributed by atoms with Crippen molar-refractivity contribution in [2.24, 2.45) is 0 Å². The van der Waals surface area contributed by atoms with E-state index in [0.717, 1.165) is 12.1 Å². The number of halogens is 4. The zero-order valence-corrected chi connectivity index (χ0v) is 24.1. The molecule has 0 aliphatic carbocycles. The van der Waals surface area contributed by atoms with Crippen LogP contribution in [0.3, 0.4) is 0 Å². The first-order chi connectivity index (χ1) is 18.3. The van der Waals surface area contributed by atoms with Crippen LogP contribution in [-0.2, 0) is 26.0 Å². The quantitative estimate of drug-likeness (QED) is 0.307. The Morgan fingerprint density at radius 1 is 1.03 bits per heavy atom. The summed E-state index contributed by atoms with van der Waals surface area (Å²) in [5.41, 5.74) is 0.737. The van der Waals surface area contributed by atoms with E-state index in [-0.39, 0.29) is 47.8 Å². The highest BCUT2D eigenvalue weighted by molar-refractivity contribution is 14.1. The van der Waals surface area contributed by atoms with Crippen molar-refractivity contribution in [1.82, 2.24) is 4.98 Å². The molecule has 14 heteroatoms. The molecule has 1 N–H and O–H groups in total. The summed E-state index contributed by atoms with van der Waals surface area (Å²) in [6, 6.07) is 12.9. The Bertz CT molecular complexity index is 1620. The molecule has 0 radical (unpaired) electrons. The Balaban J connectivity index is 1.51. The van der Waals surface area contributed by atoms with E-state index in [1.54, 1.807) is 23.1 Å². The molecule has 1 saturated heterocycles. The monoisotopic (exact) mass is 693 g/mol. The van der Waals surface area contributed by atoms with Gasteiger partial charge in [0.25, 0.3) is 10.0 Å². The molecule has 0 spiro atoms. The molecule has 208 valence electrons. The Kier molecular flexibility index (Phi) is 7.47. The number of fused-ring (bicyclic) bond motifs is 1. The maximum Gasteiger partial charge on any atom is 0.416 e. The van der Waals surface area contributed by atoms with Crippen molar-refractivity contribution in [3.05, 3.63) is 75.0 Å². The topological polar surface area (TPSA) is 106 Å². The van der Waals surface area contributed by atoms with E-state index >= 15 is 0 Å². The maximum atomic E-state index is 13.6. The number of hydrogen-bond donors (Lipinski definition) is 1. The largest absolute Gasteiger partial charge is 0.493 e. The Morgan fingerprint density at radius 2 is 1.74 bits per heavy atom. The van der Waals surface area contributed by atoms with Crippen molar-refractivity contribution in [3.8, 4) is 5.75 Å². The van der Waals surface area contributed by atoms with Crippen LogP contribution in [0.15, 0.2) is 59.5 Å². The average Bonchev–Trinajstić information content (AvgIpc) is 2.87. The third kappa shape index (κ3) is 6.11. The predicted octanol–water partition coefficient (Wildman–Crippen LogP) is 4.66. The second-order valence-electron chi connectivity index (χ2n) is 9.25. The standard InChI is InChI=1S/C25H23F3IN3O5S2/c26-25(27,28)16-4-6-19(21(14-16)32-9-12-38(33,34)13-10-32)18-8-11-37-22-15-17(5-7-20(18)22)39(35,36)31-24-3-1-2-23(29)30-24/h1-7,14-15,18H,8-13H2,(H,30,31)/t18-/m1/s1. The maximum absolute atomic E-state index is 13.6. The van der Waals surface area contributed by atoms with Crippen molar-refractivity contribution in [2.75, 3.05) is 40.8 Å². The summed E-state index contributed by atoms with van der Waals surface area (Å²) in [6.07, 6.45) is -4.11. The molecule has 2 aliphatic rings. The minimum Gasteiger partial charge on any atom is -0.493 e. The number of pyridine rings is 1. The summed E-state index contributed by atoms with van der Waals surface area (Å²) in [5.74, 6) is -0.187. The van der Waals surface area contributed by atoms with E-state index in [9.17, 15) is 30.0 Å². The van der Waals surface area contributed by atoms with Crippen LogP contribution in [0, 0.1) is 3.70 Å². The van der Waals surface area contributed by atoms with Crippen LogP contribution >= 0.6 is 22.6 Å². The van der Waals surface area contributed by atoms with Crippen LogP contribution in [0.25, 0.3) is 0 Å². The molecule has 3 heterocycles. The van der Waals surface area contributed by atoms with Crippen LogP contribution in [0.2, 0.25) is 0 Å². The van der Waals surface area contributed by atoms with Crippen molar-refractivity contribution in [2.45, 2.75) is 23.4 Å². The van der Waals surface area contributed by atoms with Crippen LogP contribution < -0.4 is 14.4 Å². The number of sulfonamides is 1. The molecule has 5 rings (SSSR count). The molecule has 2 aromatic carbocycles. The average molecular weight is 694 g/mol. The summed E-state index contributed by atoms with van der Waals surface area (Å²) < 4.78 is 99.6. The molecule has 1 atom stereocenters. The molecule has 0 unspecified atom stereocenters. The first-order valence-electron chi connectivity index (χ1n) is 11.9. The lowest BCUT2D eigenvalue weighted by molar-refractivity contribution is -0.137. The Hall–Kier alpha value is -2.59. The van der Waals surface area contributed by atoms with E-state index in [1.807, 2.05) is 22.6 Å². The number of benzene rings is 2. The van der Waals surface area contributed by atoms with Gasteiger partial charge in [-0.15, -0.1) is 0 Å². The highest BCUT2D eigenvalue weighted by Crippen LogP contribution is 2.44. The minimum absolute atomic E-state index is 0.0450. The van der Waals surface area contributed by atoms with Gasteiger partial charge in [0.05, 0.1) is 28.6 Å². The Labute approximate surface area is 237 Å². The van der Waals surface area contributed by atoms with Gasteiger partial charge >= 0.3 is 6.18 Å². The van der Waals surface area contributed by atoms with Crippen LogP contribution in [-0.4, -0.2) is 53.0 Å². The van der Waals surface area contributed by atoms with E-state index < -0.39 is 31.6 Å². The third-order valence-electron chi connectivity index (χ3n) is 6.71. The number of hydrogen-bond acceptors (Lipinski definition) is 7. The summed E-state index contributed by atoms with van der Waals surface area (Å²) in [5, 5.41) is 0. The number of anilines is 2. The molecule has 2 aliphatic heterocycles. The number of sulfone groups is 1. The first-order valence-corrected chi connectivity index (χ1v) is 16.3. The second-order valence-corrected chi connectivity index (χ2v) is 14.3. The van der Waals surface area contributed by atoms with Gasteiger partial charge in [0.2, 0.25) is 0 Å². The number of ether oxygens (including phenoxy) is 1. The van der Waals surface area contributed by atoms with Crippen molar-refractivity contribution < 1.29 is 34.7 Å². The molecule has 0 bridgehead atoms. The zero-order chi connectivity index (χ0) is 28.0. The van der Waals surface area contributed by atoms with Crippen LogP contribution in [0.4, 0.5) is 24.7 Å². The molecule has 3 aromatic rings. The highest BCUT2D eigenvalue weighted by Gasteiger charge is 2.35. The second kappa shape index (κ2) is 10.4. The molecular formula is C25H23F3IN3O5S2. The van der Waals surface area contributed by atoms with E-state index in [2.05, 4.69) is 9.71 Å².